The van der Waals surface area contributed by atoms with Crippen LogP contribution in [0.2, 0.25) is 0 Å². The average Bonchev–Trinajstić information content (AvgIpc) is 2.62. The third kappa shape index (κ3) is 2.61. The summed E-state index contributed by atoms with van der Waals surface area (Å²) in [6.45, 7) is 9.38. The first-order chi connectivity index (χ1) is 8.95. The Morgan fingerprint density at radius 1 is 1.32 bits per heavy atom. The lowest BCUT2D eigenvalue weighted by molar-refractivity contribution is -0.138. The number of ether oxygens (including phenoxy) is 1. The van der Waals surface area contributed by atoms with Gasteiger partial charge in [0.15, 0.2) is 0 Å². The molecule has 5 unspecified atom stereocenters. The van der Waals surface area contributed by atoms with Gasteiger partial charge in [0.05, 0.1) is 23.8 Å². The lowest BCUT2D eigenvalue weighted by atomic mass is 9.87. The zero-order valence-electron chi connectivity index (χ0n) is 12.2. The molecule has 0 bridgehead atoms. The second kappa shape index (κ2) is 5.49. The molecule has 2 aliphatic rings. The van der Waals surface area contributed by atoms with Crippen molar-refractivity contribution in [3.63, 3.8) is 0 Å². The van der Waals surface area contributed by atoms with E-state index in [1.165, 1.54) is 0 Å². The fourth-order valence-corrected chi connectivity index (χ4v) is 3.27. The summed E-state index contributed by atoms with van der Waals surface area (Å²) >= 11 is 0. The molecule has 2 saturated heterocycles. The first-order valence-corrected chi connectivity index (χ1v) is 7.10. The van der Waals surface area contributed by atoms with Crippen molar-refractivity contribution >= 4 is 11.6 Å². The van der Waals surface area contributed by atoms with Crippen LogP contribution in [0.15, 0.2) is 5.16 Å². The summed E-state index contributed by atoms with van der Waals surface area (Å²) < 4.78 is 5.76. The summed E-state index contributed by atoms with van der Waals surface area (Å²) in [5.74, 6) is 0.529. The van der Waals surface area contributed by atoms with E-state index in [2.05, 4.69) is 12.1 Å². The van der Waals surface area contributed by atoms with Crippen LogP contribution < -0.4 is 0 Å². The highest BCUT2D eigenvalue weighted by atomic mass is 16.5. The van der Waals surface area contributed by atoms with Crippen LogP contribution in [0, 0.1) is 17.8 Å². The summed E-state index contributed by atoms with van der Waals surface area (Å²) in [5.41, 5.74) is 0.793. The van der Waals surface area contributed by atoms with Gasteiger partial charge in [0.1, 0.15) is 0 Å². The minimum Gasteiger partial charge on any atom is -0.411 e. The van der Waals surface area contributed by atoms with Crippen LogP contribution in [0.5, 0.6) is 0 Å². The van der Waals surface area contributed by atoms with E-state index in [9.17, 15) is 4.79 Å². The van der Waals surface area contributed by atoms with Crippen molar-refractivity contribution in [3.05, 3.63) is 0 Å². The molecule has 2 heterocycles. The topological polar surface area (TPSA) is 62.1 Å². The Bertz CT molecular complexity index is 383. The van der Waals surface area contributed by atoms with Crippen molar-refractivity contribution in [2.24, 2.45) is 22.9 Å². The van der Waals surface area contributed by atoms with Gasteiger partial charge >= 0.3 is 0 Å². The molecule has 5 nitrogen and oxygen atoms in total. The molecule has 1 amide bonds. The molecule has 5 atom stereocenters. The van der Waals surface area contributed by atoms with Crippen LogP contribution >= 0.6 is 0 Å². The highest BCUT2D eigenvalue weighted by molar-refractivity contribution is 5.89. The largest absolute Gasteiger partial charge is 0.411 e. The van der Waals surface area contributed by atoms with Gasteiger partial charge in [0.25, 0.3) is 0 Å². The van der Waals surface area contributed by atoms with Gasteiger partial charge < -0.3 is 14.8 Å². The summed E-state index contributed by atoms with van der Waals surface area (Å²) in [7, 11) is 0. The highest BCUT2D eigenvalue weighted by Crippen LogP contribution is 2.34. The predicted molar refractivity (Wildman–Crippen MR) is 72.2 cm³/mol. The van der Waals surface area contributed by atoms with Crippen LogP contribution in [0.25, 0.3) is 0 Å². The first-order valence-electron chi connectivity index (χ1n) is 7.10. The summed E-state index contributed by atoms with van der Waals surface area (Å²) in [4.78, 5) is 14.6. The summed E-state index contributed by atoms with van der Waals surface area (Å²) in [6.07, 6.45) is 0.788. The minimum atomic E-state index is -0.0465. The quantitative estimate of drug-likeness (QED) is 0.582. The van der Waals surface area contributed by atoms with E-state index in [0.717, 1.165) is 5.71 Å². The Kier molecular flexibility index (Phi) is 4.13. The molecule has 19 heavy (non-hydrogen) atoms. The van der Waals surface area contributed by atoms with Crippen LogP contribution in [-0.4, -0.2) is 47.0 Å². The minimum absolute atomic E-state index is 0.0132. The smallest absolute Gasteiger partial charge is 0.228 e. The SMILES string of the molecule is CC1CN(C(=O)C2C(C)OC(C)C2C)CCC1=NO. The average molecular weight is 268 g/mol. The molecule has 2 rings (SSSR count). The van der Waals surface area contributed by atoms with Gasteiger partial charge in [-0.05, 0) is 19.8 Å². The van der Waals surface area contributed by atoms with Crippen molar-refractivity contribution in [1.29, 1.82) is 0 Å². The van der Waals surface area contributed by atoms with E-state index in [-0.39, 0.29) is 35.9 Å². The summed E-state index contributed by atoms with van der Waals surface area (Å²) in [6, 6.07) is 0. The van der Waals surface area contributed by atoms with Crippen molar-refractivity contribution < 1.29 is 14.7 Å². The van der Waals surface area contributed by atoms with E-state index in [1.54, 1.807) is 0 Å². The maximum Gasteiger partial charge on any atom is 0.228 e. The van der Waals surface area contributed by atoms with Crippen LogP contribution in [-0.2, 0) is 9.53 Å². The number of hydrogen-bond donors (Lipinski definition) is 1. The Morgan fingerprint density at radius 3 is 2.47 bits per heavy atom. The van der Waals surface area contributed by atoms with Crippen molar-refractivity contribution in [2.45, 2.75) is 46.3 Å². The lowest BCUT2D eigenvalue weighted by Gasteiger charge is -2.34. The standard InChI is InChI=1S/C14H24N2O3/c1-8-7-16(6-5-12(8)15-18)14(17)13-9(2)10(3)19-11(13)4/h8-11,13,18H,5-7H2,1-4H3. The van der Waals surface area contributed by atoms with Gasteiger partial charge in [-0.1, -0.05) is 19.0 Å². The van der Waals surface area contributed by atoms with Gasteiger partial charge in [-0.15, -0.1) is 0 Å². The molecule has 0 aromatic heterocycles. The Morgan fingerprint density at radius 2 is 2.00 bits per heavy atom. The predicted octanol–water partition coefficient (Wildman–Crippen LogP) is 1.74. The third-order valence-corrected chi connectivity index (χ3v) is 4.67. The third-order valence-electron chi connectivity index (χ3n) is 4.67. The molecule has 0 saturated carbocycles. The molecule has 0 spiro atoms. The fourth-order valence-electron chi connectivity index (χ4n) is 3.27. The number of rotatable bonds is 1. The first kappa shape index (κ1) is 14.3. The Balaban J connectivity index is 2.05. The molecule has 0 aromatic rings. The number of carbonyl (C=O) groups excluding carboxylic acids is 1. The maximum atomic E-state index is 12.7. The number of nitrogens with zero attached hydrogens (tertiary/aromatic N) is 2. The van der Waals surface area contributed by atoms with Gasteiger partial charge in [-0.3, -0.25) is 4.79 Å². The number of carbonyl (C=O) groups is 1. The second-order valence-corrected chi connectivity index (χ2v) is 5.96. The van der Waals surface area contributed by atoms with Gasteiger partial charge in [-0.25, -0.2) is 0 Å². The van der Waals surface area contributed by atoms with Crippen LogP contribution in [0.1, 0.15) is 34.1 Å². The summed E-state index contributed by atoms with van der Waals surface area (Å²) in [5, 5.41) is 12.2. The highest BCUT2D eigenvalue weighted by Gasteiger charge is 2.44. The van der Waals surface area contributed by atoms with E-state index < -0.39 is 0 Å². The van der Waals surface area contributed by atoms with Gasteiger partial charge in [0.2, 0.25) is 5.91 Å². The molecule has 2 fully saturated rings. The molecule has 0 radical (unpaired) electrons. The Hall–Kier alpha value is -1.10. The number of piperidine rings is 1. The number of amides is 1. The van der Waals surface area contributed by atoms with Crippen LogP contribution in [0.3, 0.4) is 0 Å². The molecule has 0 aliphatic carbocycles. The molecular weight excluding hydrogens is 244 g/mol. The molecule has 0 aromatic carbocycles. The number of oxime groups is 1. The zero-order valence-corrected chi connectivity index (χ0v) is 12.2. The van der Waals surface area contributed by atoms with Crippen LogP contribution in [0.4, 0.5) is 0 Å². The van der Waals surface area contributed by atoms with E-state index in [0.29, 0.717) is 19.5 Å². The molecule has 2 aliphatic heterocycles. The maximum absolute atomic E-state index is 12.7. The van der Waals surface area contributed by atoms with Crippen molar-refractivity contribution in [3.8, 4) is 0 Å². The monoisotopic (exact) mass is 268 g/mol. The second-order valence-electron chi connectivity index (χ2n) is 5.96. The molecule has 5 heteroatoms. The normalized spacial score (nSPS) is 41.8. The van der Waals surface area contributed by atoms with E-state index in [4.69, 9.17) is 9.94 Å². The van der Waals surface area contributed by atoms with Gasteiger partial charge in [-0.2, -0.15) is 0 Å². The van der Waals surface area contributed by atoms with E-state index in [1.807, 2.05) is 25.7 Å². The van der Waals surface area contributed by atoms with Crippen molar-refractivity contribution in [2.75, 3.05) is 13.1 Å². The Labute approximate surface area is 114 Å². The molecule has 108 valence electrons. The van der Waals surface area contributed by atoms with E-state index >= 15 is 0 Å². The fraction of sp³-hybridized carbons (Fsp3) is 0.857. The number of hydrogen-bond acceptors (Lipinski definition) is 4. The zero-order chi connectivity index (χ0) is 14.2. The lowest BCUT2D eigenvalue weighted by Crippen LogP contribution is -2.48. The molecular formula is C14H24N2O3. The van der Waals surface area contributed by atoms with Gasteiger partial charge in [0, 0.05) is 25.4 Å². The van der Waals surface area contributed by atoms with Crippen molar-refractivity contribution in [1.82, 2.24) is 4.90 Å². The number of likely N-dealkylation sites (tertiary alicyclic amines) is 1. The molecule has 1 N–H and O–H groups in total.